The zero-order chi connectivity index (χ0) is 28.1. The van der Waals surface area contributed by atoms with Crippen molar-refractivity contribution in [2.75, 3.05) is 19.5 Å². The third-order valence-electron chi connectivity index (χ3n) is 5.46. The second-order valence-corrected chi connectivity index (χ2v) is 8.89. The molecule has 0 saturated carbocycles. The first-order valence-corrected chi connectivity index (χ1v) is 11.9. The summed E-state index contributed by atoms with van der Waals surface area (Å²) in [6.07, 6.45) is -1.76. The summed E-state index contributed by atoms with van der Waals surface area (Å²) in [4.78, 5) is 59.0. The highest BCUT2D eigenvalue weighted by molar-refractivity contribution is 7.98. The van der Waals surface area contributed by atoms with E-state index in [9.17, 15) is 44.8 Å². The van der Waals surface area contributed by atoms with E-state index in [2.05, 4.69) is 5.32 Å². The van der Waals surface area contributed by atoms with Crippen LogP contribution in [0.15, 0.2) is 24.3 Å². The fourth-order valence-corrected chi connectivity index (χ4v) is 4.56. The Kier molecular flexibility index (Phi) is 8.57. The van der Waals surface area contributed by atoms with Gasteiger partial charge in [0, 0.05) is 34.8 Å². The zero-order valence-electron chi connectivity index (χ0n) is 19.9. The van der Waals surface area contributed by atoms with Crippen molar-refractivity contribution in [1.82, 2.24) is 5.32 Å². The summed E-state index contributed by atoms with van der Waals surface area (Å²) in [5.41, 5.74) is -1.42. The monoisotopic (exact) mass is 551 g/mol. The Morgan fingerprint density at radius 3 is 2.50 bits per heavy atom. The van der Waals surface area contributed by atoms with E-state index in [1.807, 2.05) is 0 Å². The Bertz CT molecular complexity index is 1310. The number of phenolic OH excluding ortho intramolecular Hbond substituents is 2. The summed E-state index contributed by atoms with van der Waals surface area (Å²) < 4.78 is 15.4. The van der Waals surface area contributed by atoms with Crippen molar-refractivity contribution in [2.24, 2.45) is 0 Å². The van der Waals surface area contributed by atoms with Crippen LogP contribution in [0.5, 0.6) is 17.2 Å². The van der Waals surface area contributed by atoms with E-state index in [4.69, 9.17) is 14.2 Å². The third-order valence-corrected chi connectivity index (χ3v) is 6.52. The van der Waals surface area contributed by atoms with Crippen molar-refractivity contribution in [3.05, 3.63) is 61.2 Å². The van der Waals surface area contributed by atoms with Crippen molar-refractivity contribution >= 4 is 41.0 Å². The first-order valence-electron chi connectivity index (χ1n) is 10.7. The number of methoxy groups -OCH3 is 1. The number of carbonyl (C=O) groups excluding carboxylic acids is 3. The van der Waals surface area contributed by atoms with E-state index >= 15 is 0 Å². The van der Waals surface area contributed by atoms with E-state index in [0.29, 0.717) is 6.07 Å². The number of nitrogens with one attached hydrogen (secondary N) is 1. The number of esters is 2. The van der Waals surface area contributed by atoms with Gasteiger partial charge in [-0.05, 0) is 13.0 Å². The number of carbonyl (C=O) groups is 3. The second kappa shape index (κ2) is 11.6. The average Bonchev–Trinajstić information content (AvgIpc) is 2.87. The molecular weight excluding hydrogens is 530 g/mol. The summed E-state index contributed by atoms with van der Waals surface area (Å²) in [5.74, 6) is -4.28. The number of phenols is 2. The second-order valence-electron chi connectivity index (χ2n) is 7.86. The molecule has 16 heteroatoms. The predicted molar refractivity (Wildman–Crippen MR) is 129 cm³/mol. The molecule has 3 N–H and O–H groups in total. The molecule has 0 radical (unpaired) electrons. The number of cyclic esters (lactones) is 1. The van der Waals surface area contributed by atoms with Crippen molar-refractivity contribution in [2.45, 2.75) is 24.8 Å². The third kappa shape index (κ3) is 6.03. The number of nitro groups is 2. The summed E-state index contributed by atoms with van der Waals surface area (Å²) in [6.45, 7) is 0.582. The lowest BCUT2D eigenvalue weighted by atomic mass is 10.0. The molecule has 3 rings (SSSR count). The van der Waals surface area contributed by atoms with E-state index < -0.39 is 75.1 Å². The molecule has 1 aliphatic heterocycles. The molecule has 0 fully saturated rings. The first-order chi connectivity index (χ1) is 17.9. The summed E-state index contributed by atoms with van der Waals surface area (Å²) in [7, 11) is 1.10. The van der Waals surface area contributed by atoms with Crippen molar-refractivity contribution in [3.63, 3.8) is 0 Å². The maximum Gasteiger partial charge on any atom is 0.339 e. The first kappa shape index (κ1) is 28.0. The van der Waals surface area contributed by atoms with Gasteiger partial charge in [-0.1, -0.05) is 0 Å². The molecule has 1 amide bonds. The number of fused-ring (bicyclic) bond motifs is 1. The smallest absolute Gasteiger partial charge is 0.339 e. The van der Waals surface area contributed by atoms with Crippen LogP contribution in [-0.2, 0) is 24.8 Å². The zero-order valence-corrected chi connectivity index (χ0v) is 20.7. The lowest BCUT2D eigenvalue weighted by molar-refractivity contribution is -0.394. The van der Waals surface area contributed by atoms with Crippen LogP contribution < -0.4 is 10.1 Å². The van der Waals surface area contributed by atoms with E-state index in [0.717, 1.165) is 37.1 Å². The number of thioether (sulfide) groups is 1. The summed E-state index contributed by atoms with van der Waals surface area (Å²) >= 11 is 1.05. The van der Waals surface area contributed by atoms with Gasteiger partial charge in [-0.3, -0.25) is 25.0 Å². The number of rotatable bonds is 5. The number of hydrogen-bond donors (Lipinski definition) is 3. The highest BCUT2D eigenvalue weighted by Crippen LogP contribution is 2.36. The molecule has 2 atom stereocenters. The Hall–Kier alpha value is -4.60. The van der Waals surface area contributed by atoms with Crippen LogP contribution in [0.2, 0.25) is 0 Å². The predicted octanol–water partition coefficient (Wildman–Crippen LogP) is 1.73. The molecule has 38 heavy (non-hydrogen) atoms. The Morgan fingerprint density at radius 1 is 1.16 bits per heavy atom. The lowest BCUT2D eigenvalue weighted by Crippen LogP contribution is -2.50. The molecule has 0 spiro atoms. The number of aromatic hydroxyl groups is 2. The maximum absolute atomic E-state index is 13.0. The van der Waals surface area contributed by atoms with Crippen LogP contribution in [0.25, 0.3) is 0 Å². The number of nitro benzene ring substituents is 2. The number of nitrogens with zero attached hydrogens (tertiary/aromatic N) is 2. The standard InChI is InChI=1S/C22H21N3O12S/c1-10-15(26)6-16(27)12-8-38-9-13(21(29)35-2)23-20(28)18(7-36-22(30)19(10)12)37-17-4-3-11(24(31)32)5-14(17)25(33)34/h3-6,13,18,26-27H,7-9H2,1-2H3,(H,23,28)/t13-,18-/m0/s1. The quantitative estimate of drug-likeness (QED) is 0.274. The van der Waals surface area contributed by atoms with E-state index in [-0.39, 0.29) is 28.2 Å². The fraction of sp³-hybridized carbons (Fsp3) is 0.318. The largest absolute Gasteiger partial charge is 0.508 e. The molecule has 2 aromatic carbocycles. The number of non-ortho nitro benzene ring substituents is 1. The van der Waals surface area contributed by atoms with Gasteiger partial charge in [0.05, 0.1) is 28.6 Å². The van der Waals surface area contributed by atoms with Crippen molar-refractivity contribution < 1.29 is 48.7 Å². The molecule has 0 unspecified atom stereocenters. The Morgan fingerprint density at radius 2 is 1.87 bits per heavy atom. The van der Waals surface area contributed by atoms with Crippen LogP contribution in [-0.4, -0.2) is 69.5 Å². The highest BCUT2D eigenvalue weighted by Gasteiger charge is 2.33. The van der Waals surface area contributed by atoms with Gasteiger partial charge in [0.2, 0.25) is 6.10 Å². The SMILES string of the molecule is COC(=O)[C@@H]1CSCc2c(O)cc(O)c(C)c2C(=O)OC[C@H](Oc2ccc([N+](=O)[O-])cc2[N+](=O)[O-])C(=O)N1. The Labute approximate surface area is 218 Å². The van der Waals surface area contributed by atoms with E-state index in [1.54, 1.807) is 0 Å². The molecule has 202 valence electrons. The minimum atomic E-state index is -1.76. The van der Waals surface area contributed by atoms with Gasteiger partial charge in [0.1, 0.15) is 24.1 Å². The van der Waals surface area contributed by atoms with Crippen LogP contribution in [0, 0.1) is 27.2 Å². The van der Waals surface area contributed by atoms with Crippen molar-refractivity contribution in [3.8, 4) is 17.2 Å². The fourth-order valence-electron chi connectivity index (χ4n) is 3.49. The van der Waals surface area contributed by atoms with Gasteiger partial charge < -0.3 is 29.7 Å². The topological polar surface area (TPSA) is 218 Å². The van der Waals surface area contributed by atoms with Gasteiger partial charge in [-0.25, -0.2) is 9.59 Å². The minimum absolute atomic E-state index is 0.00430. The molecule has 0 bridgehead atoms. The van der Waals surface area contributed by atoms with Crippen LogP contribution >= 0.6 is 11.8 Å². The van der Waals surface area contributed by atoms with E-state index in [1.165, 1.54) is 6.92 Å². The van der Waals surface area contributed by atoms with Gasteiger partial charge in [-0.15, -0.1) is 0 Å². The van der Waals surface area contributed by atoms with Gasteiger partial charge >= 0.3 is 17.6 Å². The van der Waals surface area contributed by atoms with Gasteiger partial charge in [-0.2, -0.15) is 11.8 Å². The van der Waals surface area contributed by atoms with Gasteiger partial charge in [0.15, 0.2) is 5.75 Å². The molecule has 2 aromatic rings. The number of hydrogen-bond acceptors (Lipinski definition) is 13. The molecule has 1 heterocycles. The summed E-state index contributed by atoms with van der Waals surface area (Å²) in [6, 6.07) is 2.28. The normalized spacial score (nSPS) is 18.1. The molecular formula is C22H21N3O12S. The van der Waals surface area contributed by atoms with Gasteiger partial charge in [0.25, 0.3) is 11.6 Å². The Balaban J connectivity index is 2.04. The number of ether oxygens (including phenoxy) is 3. The maximum atomic E-state index is 13.0. The van der Waals surface area contributed by atoms with Crippen molar-refractivity contribution in [1.29, 1.82) is 0 Å². The van der Waals surface area contributed by atoms with Crippen LogP contribution in [0.4, 0.5) is 11.4 Å². The average molecular weight is 551 g/mol. The number of benzene rings is 2. The molecule has 0 aromatic heterocycles. The lowest BCUT2D eigenvalue weighted by Gasteiger charge is -2.24. The minimum Gasteiger partial charge on any atom is -0.508 e. The molecule has 15 nitrogen and oxygen atoms in total. The number of amides is 1. The summed E-state index contributed by atoms with van der Waals surface area (Å²) in [5, 5.41) is 45.4. The van der Waals surface area contributed by atoms with Crippen LogP contribution in [0.3, 0.4) is 0 Å². The molecule has 0 aliphatic carbocycles. The molecule has 1 aliphatic rings. The molecule has 0 saturated heterocycles. The van der Waals surface area contributed by atoms with Crippen LogP contribution in [0.1, 0.15) is 21.5 Å². The highest BCUT2D eigenvalue weighted by atomic mass is 32.2.